The average molecular weight is 301 g/mol. The van der Waals surface area contributed by atoms with Crippen molar-refractivity contribution in [1.82, 2.24) is 0 Å². The van der Waals surface area contributed by atoms with Gasteiger partial charge in [0.15, 0.2) is 6.10 Å². The van der Waals surface area contributed by atoms with Gasteiger partial charge < -0.3 is 14.6 Å². The minimum Gasteiger partial charge on any atom is -0.478 e. The van der Waals surface area contributed by atoms with Crippen molar-refractivity contribution in [2.75, 3.05) is 6.61 Å². The van der Waals surface area contributed by atoms with E-state index in [2.05, 4.69) is 0 Å². The van der Waals surface area contributed by atoms with Gasteiger partial charge in [0.1, 0.15) is 5.75 Å². The summed E-state index contributed by atoms with van der Waals surface area (Å²) >= 11 is 5.91. The molecule has 0 aliphatic heterocycles. The van der Waals surface area contributed by atoms with Crippen LogP contribution in [0.1, 0.15) is 45.3 Å². The molecule has 0 saturated carbocycles. The maximum absolute atomic E-state index is 11.8. The van der Waals surface area contributed by atoms with Gasteiger partial charge >= 0.3 is 5.97 Å². The Labute approximate surface area is 124 Å². The second-order valence-electron chi connectivity index (χ2n) is 4.51. The largest absolute Gasteiger partial charge is 0.478 e. The van der Waals surface area contributed by atoms with Crippen LogP contribution < -0.4 is 4.74 Å². The van der Waals surface area contributed by atoms with Crippen LogP contribution >= 0.6 is 11.6 Å². The van der Waals surface area contributed by atoms with E-state index in [4.69, 9.17) is 21.1 Å². The quantitative estimate of drug-likeness (QED) is 0.783. The normalized spacial score (nSPS) is 13.7. The summed E-state index contributed by atoms with van der Waals surface area (Å²) in [5.74, 6) is 0.0664. The Bertz CT molecular complexity index is 445. The lowest BCUT2D eigenvalue weighted by atomic mass is 10.1. The van der Waals surface area contributed by atoms with Crippen molar-refractivity contribution in [2.24, 2.45) is 0 Å². The summed E-state index contributed by atoms with van der Waals surface area (Å²) in [6.07, 6.45) is -0.0475. The highest BCUT2D eigenvalue weighted by Gasteiger charge is 2.22. The third-order valence-electron chi connectivity index (χ3n) is 2.79. The highest BCUT2D eigenvalue weighted by molar-refractivity contribution is 6.30. The van der Waals surface area contributed by atoms with Crippen molar-refractivity contribution >= 4 is 17.6 Å². The SMILES string of the molecule is CCCC(Oc1ccc(Cl)cc1C(C)O)C(=O)OCC. The number of ether oxygens (including phenoxy) is 2. The molecule has 0 saturated heterocycles. The first-order valence-corrected chi connectivity index (χ1v) is 7.18. The van der Waals surface area contributed by atoms with Gasteiger partial charge in [-0.25, -0.2) is 4.79 Å². The molecule has 0 aliphatic rings. The molecule has 2 unspecified atom stereocenters. The Morgan fingerprint density at radius 2 is 2.10 bits per heavy atom. The van der Waals surface area contributed by atoms with E-state index in [1.165, 1.54) is 0 Å². The molecule has 20 heavy (non-hydrogen) atoms. The fraction of sp³-hybridized carbons (Fsp3) is 0.533. The van der Waals surface area contributed by atoms with Crippen LogP contribution in [-0.4, -0.2) is 23.8 Å². The number of hydrogen-bond acceptors (Lipinski definition) is 4. The molecule has 1 N–H and O–H groups in total. The summed E-state index contributed by atoms with van der Waals surface area (Å²) in [5, 5.41) is 10.3. The van der Waals surface area contributed by atoms with Crippen molar-refractivity contribution in [2.45, 2.75) is 45.8 Å². The summed E-state index contributed by atoms with van der Waals surface area (Å²) in [6.45, 7) is 5.65. The van der Waals surface area contributed by atoms with E-state index in [1.807, 2.05) is 6.92 Å². The number of carbonyl (C=O) groups excluding carboxylic acids is 1. The number of aliphatic hydroxyl groups is 1. The molecule has 1 rings (SSSR count). The zero-order valence-electron chi connectivity index (χ0n) is 12.1. The van der Waals surface area contributed by atoms with Gasteiger partial charge in [0.2, 0.25) is 0 Å². The maximum Gasteiger partial charge on any atom is 0.347 e. The summed E-state index contributed by atoms with van der Waals surface area (Å²) < 4.78 is 10.7. The van der Waals surface area contributed by atoms with Crippen LogP contribution in [0.15, 0.2) is 18.2 Å². The number of halogens is 1. The van der Waals surface area contributed by atoms with Gasteiger partial charge in [-0.1, -0.05) is 24.9 Å². The van der Waals surface area contributed by atoms with E-state index in [0.29, 0.717) is 29.4 Å². The van der Waals surface area contributed by atoms with E-state index in [0.717, 1.165) is 6.42 Å². The van der Waals surface area contributed by atoms with Crippen LogP contribution in [-0.2, 0) is 9.53 Å². The fourth-order valence-electron chi connectivity index (χ4n) is 1.83. The predicted molar refractivity (Wildman–Crippen MR) is 78.0 cm³/mol. The van der Waals surface area contributed by atoms with E-state index in [9.17, 15) is 9.90 Å². The number of hydrogen-bond donors (Lipinski definition) is 1. The number of rotatable bonds is 7. The fourth-order valence-corrected chi connectivity index (χ4v) is 2.01. The smallest absolute Gasteiger partial charge is 0.347 e. The van der Waals surface area contributed by atoms with Crippen molar-refractivity contribution < 1.29 is 19.4 Å². The first kappa shape index (κ1) is 16.8. The van der Waals surface area contributed by atoms with Gasteiger partial charge in [0.05, 0.1) is 12.7 Å². The van der Waals surface area contributed by atoms with E-state index >= 15 is 0 Å². The lowest BCUT2D eigenvalue weighted by Gasteiger charge is -2.20. The maximum atomic E-state index is 11.8. The number of esters is 1. The molecule has 1 aromatic rings. The van der Waals surface area contributed by atoms with E-state index in [1.54, 1.807) is 32.0 Å². The molecule has 0 heterocycles. The Balaban J connectivity index is 2.95. The molecule has 0 aliphatic carbocycles. The molecule has 2 atom stereocenters. The summed E-state index contributed by atoms with van der Waals surface area (Å²) in [7, 11) is 0. The molecular weight excluding hydrogens is 280 g/mol. The van der Waals surface area contributed by atoms with Crippen molar-refractivity contribution in [3.63, 3.8) is 0 Å². The highest BCUT2D eigenvalue weighted by atomic mass is 35.5. The third-order valence-corrected chi connectivity index (χ3v) is 3.03. The van der Waals surface area contributed by atoms with Crippen molar-refractivity contribution in [3.05, 3.63) is 28.8 Å². The zero-order valence-corrected chi connectivity index (χ0v) is 12.8. The minimum atomic E-state index is -0.729. The standard InChI is InChI=1S/C15H21ClO4/c1-4-6-14(15(18)19-5-2)20-13-8-7-11(16)9-12(13)10(3)17/h7-10,14,17H,4-6H2,1-3H3. The molecule has 0 fully saturated rings. The molecule has 0 aromatic heterocycles. The Morgan fingerprint density at radius 3 is 2.65 bits per heavy atom. The first-order chi connectivity index (χ1) is 9.49. The highest BCUT2D eigenvalue weighted by Crippen LogP contribution is 2.29. The third kappa shape index (κ3) is 4.69. The number of aliphatic hydroxyl groups excluding tert-OH is 1. The number of carbonyl (C=O) groups is 1. The van der Waals surface area contributed by atoms with Gasteiger partial charge in [-0.05, 0) is 38.5 Å². The van der Waals surface area contributed by atoms with Crippen molar-refractivity contribution in [3.8, 4) is 5.75 Å². The monoisotopic (exact) mass is 300 g/mol. The lowest BCUT2D eigenvalue weighted by molar-refractivity contribution is -0.151. The molecule has 0 spiro atoms. The molecule has 0 amide bonds. The summed E-state index contributed by atoms with van der Waals surface area (Å²) in [4.78, 5) is 11.8. The van der Waals surface area contributed by atoms with Crippen LogP contribution in [0.3, 0.4) is 0 Å². The Kier molecular flexibility index (Phi) is 6.82. The first-order valence-electron chi connectivity index (χ1n) is 6.80. The van der Waals surface area contributed by atoms with Crippen LogP contribution in [0.2, 0.25) is 5.02 Å². The van der Waals surface area contributed by atoms with Crippen molar-refractivity contribution in [1.29, 1.82) is 0 Å². The van der Waals surface area contributed by atoms with E-state index < -0.39 is 12.2 Å². The minimum absolute atomic E-state index is 0.312. The number of benzene rings is 1. The molecule has 5 heteroatoms. The van der Waals surface area contributed by atoms with Crippen LogP contribution in [0.25, 0.3) is 0 Å². The second kappa shape index (κ2) is 8.12. The van der Waals surface area contributed by atoms with Gasteiger partial charge in [-0.2, -0.15) is 0 Å². The molecule has 0 radical (unpaired) electrons. The van der Waals surface area contributed by atoms with Gasteiger partial charge in [0, 0.05) is 10.6 Å². The Morgan fingerprint density at radius 1 is 1.40 bits per heavy atom. The second-order valence-corrected chi connectivity index (χ2v) is 4.94. The van der Waals surface area contributed by atoms with Crippen LogP contribution in [0.4, 0.5) is 0 Å². The van der Waals surface area contributed by atoms with Crippen LogP contribution in [0, 0.1) is 0 Å². The summed E-state index contributed by atoms with van der Waals surface area (Å²) in [6, 6.07) is 4.96. The molecule has 1 aromatic carbocycles. The predicted octanol–water partition coefficient (Wildman–Crippen LogP) is 3.50. The zero-order chi connectivity index (χ0) is 15.1. The topological polar surface area (TPSA) is 55.8 Å². The molecular formula is C15H21ClO4. The molecule has 112 valence electrons. The van der Waals surface area contributed by atoms with E-state index in [-0.39, 0.29) is 5.97 Å². The molecule has 0 bridgehead atoms. The van der Waals surface area contributed by atoms with Crippen LogP contribution in [0.5, 0.6) is 5.75 Å². The lowest BCUT2D eigenvalue weighted by Crippen LogP contribution is -2.29. The van der Waals surface area contributed by atoms with Gasteiger partial charge in [0.25, 0.3) is 0 Å². The Hall–Kier alpha value is -1.26. The molecule has 4 nitrogen and oxygen atoms in total. The van der Waals surface area contributed by atoms with Gasteiger partial charge in [-0.3, -0.25) is 0 Å². The van der Waals surface area contributed by atoms with Gasteiger partial charge in [-0.15, -0.1) is 0 Å². The summed E-state index contributed by atoms with van der Waals surface area (Å²) in [5.41, 5.74) is 0.558. The average Bonchev–Trinajstić information content (AvgIpc) is 2.40.